The van der Waals surface area contributed by atoms with Gasteiger partial charge in [-0.3, -0.25) is 10.1 Å². The van der Waals surface area contributed by atoms with Gasteiger partial charge in [0.25, 0.3) is 0 Å². The van der Waals surface area contributed by atoms with Gasteiger partial charge in [-0.05, 0) is 41.2 Å². The van der Waals surface area contributed by atoms with Crippen LogP contribution in [0.1, 0.15) is 12.8 Å². The van der Waals surface area contributed by atoms with E-state index < -0.39 is 0 Å². The van der Waals surface area contributed by atoms with Crippen molar-refractivity contribution in [1.29, 1.82) is 0 Å². The fourth-order valence-electron chi connectivity index (χ4n) is 3.02. The van der Waals surface area contributed by atoms with Gasteiger partial charge in [0, 0.05) is 35.9 Å². The summed E-state index contributed by atoms with van der Waals surface area (Å²) in [7, 11) is 0. The Labute approximate surface area is 119 Å². The molecule has 0 radical (unpaired) electrons. The predicted octanol–water partition coefficient (Wildman–Crippen LogP) is 1.94. The van der Waals surface area contributed by atoms with Crippen molar-refractivity contribution in [3.05, 3.63) is 26.9 Å². The molecule has 0 amide bonds. The highest BCUT2D eigenvalue weighted by atomic mass is 79.9. The molecule has 0 spiro atoms. The zero-order chi connectivity index (χ0) is 13.4. The minimum absolute atomic E-state index is 0.0769. The number of pyridine rings is 1. The third-order valence-corrected chi connectivity index (χ3v) is 4.34. The summed E-state index contributed by atoms with van der Waals surface area (Å²) in [5.74, 6) is 1.07. The number of nitrogens with one attached hydrogen (secondary N) is 1. The molecule has 1 aromatic rings. The third-order valence-electron chi connectivity index (χ3n) is 3.91. The van der Waals surface area contributed by atoms with Crippen LogP contribution in [-0.2, 0) is 0 Å². The van der Waals surface area contributed by atoms with Crippen LogP contribution in [0.4, 0.5) is 11.5 Å². The first-order valence-electron chi connectivity index (χ1n) is 6.43. The molecule has 3 heterocycles. The largest absolute Gasteiger partial charge is 0.349 e. The van der Waals surface area contributed by atoms with Crippen molar-refractivity contribution in [3.8, 4) is 0 Å². The molecule has 102 valence electrons. The Balaban J connectivity index is 1.88. The molecule has 0 aliphatic carbocycles. The van der Waals surface area contributed by atoms with Gasteiger partial charge in [-0.25, -0.2) is 4.98 Å². The van der Waals surface area contributed by atoms with Crippen LogP contribution in [0.3, 0.4) is 0 Å². The average Bonchev–Trinajstić information content (AvgIpc) is 2.82. The second-order valence-corrected chi connectivity index (χ2v) is 6.04. The van der Waals surface area contributed by atoms with Gasteiger partial charge < -0.3 is 10.2 Å². The molecular formula is C12H15BrN4O2. The molecule has 0 aromatic carbocycles. The zero-order valence-corrected chi connectivity index (χ0v) is 12.0. The van der Waals surface area contributed by atoms with Crippen molar-refractivity contribution in [3.63, 3.8) is 0 Å². The summed E-state index contributed by atoms with van der Waals surface area (Å²) < 4.78 is 0.637. The van der Waals surface area contributed by atoms with Crippen LogP contribution in [0.25, 0.3) is 0 Å². The van der Waals surface area contributed by atoms with Gasteiger partial charge in [-0.1, -0.05) is 0 Å². The van der Waals surface area contributed by atoms with Gasteiger partial charge in [0.05, 0.1) is 4.92 Å². The zero-order valence-electron chi connectivity index (χ0n) is 10.4. The number of hydrogen-bond acceptors (Lipinski definition) is 5. The molecule has 7 heteroatoms. The lowest BCUT2D eigenvalue weighted by atomic mass is 9.94. The Morgan fingerprint density at radius 1 is 1.53 bits per heavy atom. The van der Waals surface area contributed by atoms with Gasteiger partial charge in [-0.15, -0.1) is 0 Å². The molecule has 2 aliphatic heterocycles. The molecule has 0 unspecified atom stereocenters. The standard InChI is InChI=1S/C12H15BrN4O2/c13-9-4-11(17(18)19)12(15-5-9)16-6-8-2-1-3-14-10(8)7-16/h4-5,8,10,14H,1-3,6-7H2/t8-,10+/m0/s1. The number of anilines is 1. The molecule has 2 aliphatic rings. The van der Waals surface area contributed by atoms with Crippen molar-refractivity contribution in [1.82, 2.24) is 10.3 Å². The Morgan fingerprint density at radius 2 is 2.37 bits per heavy atom. The summed E-state index contributed by atoms with van der Waals surface area (Å²) in [6.45, 7) is 2.71. The quantitative estimate of drug-likeness (QED) is 0.664. The maximum atomic E-state index is 11.1. The van der Waals surface area contributed by atoms with Crippen LogP contribution in [0.15, 0.2) is 16.7 Å². The Hall–Kier alpha value is -1.21. The van der Waals surface area contributed by atoms with Gasteiger partial charge in [-0.2, -0.15) is 0 Å². The number of aromatic nitrogens is 1. The first kappa shape index (κ1) is 12.8. The van der Waals surface area contributed by atoms with Crippen molar-refractivity contribution in [2.75, 3.05) is 24.5 Å². The smallest absolute Gasteiger partial charge is 0.312 e. The SMILES string of the molecule is O=[N+]([O-])c1cc(Br)cnc1N1C[C@@H]2CCCN[C@@H]2C1. The van der Waals surface area contributed by atoms with Gasteiger partial charge in [0.15, 0.2) is 0 Å². The number of piperidine rings is 1. The van der Waals surface area contributed by atoms with Crippen LogP contribution in [0.5, 0.6) is 0 Å². The summed E-state index contributed by atoms with van der Waals surface area (Å²) in [6.07, 6.45) is 4.00. The topological polar surface area (TPSA) is 71.3 Å². The van der Waals surface area contributed by atoms with Crippen LogP contribution < -0.4 is 10.2 Å². The summed E-state index contributed by atoms with van der Waals surface area (Å²) in [5.41, 5.74) is 0.0769. The number of hydrogen-bond donors (Lipinski definition) is 1. The molecule has 2 fully saturated rings. The van der Waals surface area contributed by atoms with Crippen LogP contribution in [0.2, 0.25) is 0 Å². The molecule has 3 rings (SSSR count). The van der Waals surface area contributed by atoms with E-state index in [2.05, 4.69) is 26.2 Å². The molecule has 2 saturated heterocycles. The van der Waals surface area contributed by atoms with E-state index in [1.807, 2.05) is 4.90 Å². The molecule has 19 heavy (non-hydrogen) atoms. The lowest BCUT2D eigenvalue weighted by Crippen LogP contribution is -2.40. The predicted molar refractivity (Wildman–Crippen MR) is 75.3 cm³/mol. The molecule has 1 N–H and O–H groups in total. The maximum Gasteiger partial charge on any atom is 0.312 e. The first-order valence-corrected chi connectivity index (χ1v) is 7.22. The lowest BCUT2D eigenvalue weighted by molar-refractivity contribution is -0.384. The van der Waals surface area contributed by atoms with Crippen LogP contribution in [-0.4, -0.2) is 35.6 Å². The highest BCUT2D eigenvalue weighted by Crippen LogP contribution is 2.34. The van der Waals surface area contributed by atoms with Crippen molar-refractivity contribution < 1.29 is 4.92 Å². The fraction of sp³-hybridized carbons (Fsp3) is 0.583. The molecule has 2 atom stereocenters. The highest BCUT2D eigenvalue weighted by molar-refractivity contribution is 9.10. The number of nitro groups is 1. The molecule has 0 bridgehead atoms. The Bertz CT molecular complexity index is 497. The second kappa shape index (κ2) is 5.05. The third kappa shape index (κ3) is 2.44. The average molecular weight is 327 g/mol. The first-order chi connectivity index (χ1) is 9.15. The number of nitrogens with zero attached hydrogens (tertiary/aromatic N) is 3. The molecule has 0 saturated carbocycles. The number of halogens is 1. The van der Waals surface area contributed by atoms with Crippen LogP contribution in [0, 0.1) is 16.0 Å². The Kier molecular flexibility index (Phi) is 3.40. The van der Waals surface area contributed by atoms with E-state index in [0.717, 1.165) is 19.6 Å². The Morgan fingerprint density at radius 3 is 3.11 bits per heavy atom. The molecule has 1 aromatic heterocycles. The van der Waals surface area contributed by atoms with Gasteiger partial charge >= 0.3 is 5.69 Å². The molecule has 6 nitrogen and oxygen atoms in total. The van der Waals surface area contributed by atoms with Crippen molar-refractivity contribution >= 4 is 27.4 Å². The summed E-state index contributed by atoms with van der Waals surface area (Å²) >= 11 is 3.24. The van der Waals surface area contributed by atoms with E-state index in [-0.39, 0.29) is 10.6 Å². The highest BCUT2D eigenvalue weighted by Gasteiger charge is 2.37. The van der Waals surface area contributed by atoms with E-state index in [4.69, 9.17) is 0 Å². The molecular weight excluding hydrogens is 312 g/mol. The minimum atomic E-state index is -0.359. The lowest BCUT2D eigenvalue weighted by Gasteiger charge is -2.24. The van der Waals surface area contributed by atoms with E-state index >= 15 is 0 Å². The van der Waals surface area contributed by atoms with E-state index in [9.17, 15) is 10.1 Å². The van der Waals surface area contributed by atoms with Gasteiger partial charge in [0.2, 0.25) is 5.82 Å². The van der Waals surface area contributed by atoms with Crippen molar-refractivity contribution in [2.24, 2.45) is 5.92 Å². The van der Waals surface area contributed by atoms with E-state index in [1.165, 1.54) is 18.9 Å². The number of rotatable bonds is 2. The summed E-state index contributed by atoms with van der Waals surface area (Å²) in [4.78, 5) is 17.1. The van der Waals surface area contributed by atoms with Crippen LogP contribution >= 0.6 is 15.9 Å². The van der Waals surface area contributed by atoms with Crippen molar-refractivity contribution in [2.45, 2.75) is 18.9 Å². The summed E-state index contributed by atoms with van der Waals surface area (Å²) in [5, 5.41) is 14.6. The minimum Gasteiger partial charge on any atom is -0.349 e. The van der Waals surface area contributed by atoms with Gasteiger partial charge in [0.1, 0.15) is 0 Å². The number of fused-ring (bicyclic) bond motifs is 1. The van der Waals surface area contributed by atoms with E-state index in [0.29, 0.717) is 22.3 Å². The maximum absolute atomic E-state index is 11.1. The van der Waals surface area contributed by atoms with E-state index in [1.54, 1.807) is 6.20 Å². The monoisotopic (exact) mass is 326 g/mol. The second-order valence-electron chi connectivity index (χ2n) is 5.12. The normalized spacial score (nSPS) is 26.3. The fourth-order valence-corrected chi connectivity index (χ4v) is 3.34. The summed E-state index contributed by atoms with van der Waals surface area (Å²) in [6, 6.07) is 1.97.